The smallest absolute Gasteiger partial charge is 0.414 e. The Bertz CT molecular complexity index is 902. The first-order chi connectivity index (χ1) is 14.3. The highest BCUT2D eigenvalue weighted by Gasteiger charge is 2.25. The number of aryl methyl sites for hydroxylation is 1. The fraction of sp³-hybridized carbons (Fsp3) is 0.409. The molecule has 2 aromatic rings. The molecule has 0 saturated carbocycles. The molecule has 0 aliphatic carbocycles. The van der Waals surface area contributed by atoms with E-state index in [0.717, 1.165) is 24.2 Å². The van der Waals surface area contributed by atoms with Gasteiger partial charge in [-0.2, -0.15) is 0 Å². The van der Waals surface area contributed by atoms with Crippen molar-refractivity contribution in [2.24, 2.45) is 0 Å². The molecule has 7 nitrogen and oxygen atoms in total. The van der Waals surface area contributed by atoms with Gasteiger partial charge in [0.15, 0.2) is 0 Å². The number of anilines is 1. The van der Waals surface area contributed by atoms with E-state index in [9.17, 15) is 14.0 Å². The van der Waals surface area contributed by atoms with Crippen LogP contribution in [0.1, 0.15) is 41.1 Å². The lowest BCUT2D eigenvalue weighted by atomic mass is 10.1. The number of rotatable bonds is 6. The second-order valence-electron chi connectivity index (χ2n) is 7.58. The number of nitrogens with zero attached hydrogens (tertiary/aromatic N) is 3. The number of likely N-dealkylation sites (N-methyl/N-ethyl adjacent to an activating group) is 1. The SMILES string of the molecule is CC(NC(=O)c1ccc(F)cc1)c1ccc2c(n1)CCCN2C(=O)OCCN(C)C. The van der Waals surface area contributed by atoms with E-state index in [1.807, 2.05) is 32.0 Å². The zero-order valence-corrected chi connectivity index (χ0v) is 17.5. The molecular formula is C22H27FN4O3. The highest BCUT2D eigenvalue weighted by Crippen LogP contribution is 2.28. The van der Waals surface area contributed by atoms with Gasteiger partial charge in [-0.3, -0.25) is 14.7 Å². The summed E-state index contributed by atoms with van der Waals surface area (Å²) in [7, 11) is 3.84. The topological polar surface area (TPSA) is 74.8 Å². The predicted molar refractivity (Wildman–Crippen MR) is 112 cm³/mol. The van der Waals surface area contributed by atoms with Gasteiger partial charge in [0.05, 0.1) is 23.1 Å². The van der Waals surface area contributed by atoms with Gasteiger partial charge in [0.2, 0.25) is 0 Å². The van der Waals surface area contributed by atoms with Gasteiger partial charge in [0, 0.05) is 18.7 Å². The number of carbonyl (C=O) groups excluding carboxylic acids is 2. The highest BCUT2D eigenvalue weighted by molar-refractivity contribution is 5.94. The van der Waals surface area contributed by atoms with Crippen LogP contribution in [-0.4, -0.2) is 55.7 Å². The number of amides is 2. The van der Waals surface area contributed by atoms with Crippen molar-refractivity contribution < 1.29 is 18.7 Å². The third-order valence-electron chi connectivity index (χ3n) is 4.94. The largest absolute Gasteiger partial charge is 0.448 e. The molecule has 0 fully saturated rings. The minimum atomic E-state index is -0.388. The number of carbonyl (C=O) groups is 2. The van der Waals surface area contributed by atoms with E-state index in [1.165, 1.54) is 24.3 Å². The number of hydrogen-bond donors (Lipinski definition) is 1. The van der Waals surface area contributed by atoms with Gasteiger partial charge in [-0.15, -0.1) is 0 Å². The lowest BCUT2D eigenvalue weighted by Gasteiger charge is -2.29. The van der Waals surface area contributed by atoms with E-state index in [1.54, 1.807) is 11.0 Å². The average molecular weight is 414 g/mol. The fourth-order valence-corrected chi connectivity index (χ4v) is 3.25. The maximum atomic E-state index is 13.0. The molecule has 2 amide bonds. The number of hydrogen-bond acceptors (Lipinski definition) is 5. The van der Waals surface area contributed by atoms with E-state index < -0.39 is 0 Å². The molecule has 8 heteroatoms. The van der Waals surface area contributed by atoms with Gasteiger partial charge in [-0.1, -0.05) is 0 Å². The second-order valence-corrected chi connectivity index (χ2v) is 7.58. The quantitative estimate of drug-likeness (QED) is 0.786. The van der Waals surface area contributed by atoms with Crippen LogP contribution in [0, 0.1) is 5.82 Å². The Morgan fingerprint density at radius 3 is 2.67 bits per heavy atom. The Labute approximate surface area is 175 Å². The highest BCUT2D eigenvalue weighted by atomic mass is 19.1. The van der Waals surface area contributed by atoms with Crippen LogP contribution < -0.4 is 10.2 Å². The monoisotopic (exact) mass is 414 g/mol. The zero-order valence-electron chi connectivity index (χ0n) is 17.5. The molecule has 30 heavy (non-hydrogen) atoms. The number of benzene rings is 1. The van der Waals surface area contributed by atoms with Crippen molar-refractivity contribution in [1.82, 2.24) is 15.2 Å². The standard InChI is InChI=1S/C22H27FN4O3/c1-15(24-21(28)16-6-8-17(23)9-7-16)18-10-11-20-19(25-18)5-4-12-27(20)22(29)30-14-13-26(2)3/h6-11,15H,4-5,12-14H2,1-3H3,(H,24,28). The first kappa shape index (κ1) is 21.7. The Balaban J connectivity index is 1.68. The summed E-state index contributed by atoms with van der Waals surface area (Å²) in [5.41, 5.74) is 2.64. The Hall–Kier alpha value is -3.00. The average Bonchev–Trinajstić information content (AvgIpc) is 2.72. The van der Waals surface area contributed by atoms with Gasteiger partial charge < -0.3 is 15.0 Å². The maximum absolute atomic E-state index is 13.0. The summed E-state index contributed by atoms with van der Waals surface area (Å²) in [6.07, 6.45) is 1.18. The fourth-order valence-electron chi connectivity index (χ4n) is 3.25. The third-order valence-corrected chi connectivity index (χ3v) is 4.94. The Kier molecular flexibility index (Phi) is 6.99. The maximum Gasteiger partial charge on any atom is 0.414 e. The Morgan fingerprint density at radius 2 is 1.97 bits per heavy atom. The molecule has 1 atom stereocenters. The molecule has 3 rings (SSSR count). The predicted octanol–water partition coefficient (Wildman–Crippen LogP) is 3.16. The molecule has 0 saturated heterocycles. The molecule has 2 heterocycles. The van der Waals surface area contributed by atoms with Crippen LogP contribution in [0.25, 0.3) is 0 Å². The van der Waals surface area contributed by atoms with Gasteiger partial charge in [-0.25, -0.2) is 9.18 Å². The molecule has 0 radical (unpaired) electrons. The van der Waals surface area contributed by atoms with Crippen molar-refractivity contribution in [1.29, 1.82) is 0 Å². The molecule has 1 unspecified atom stereocenters. The molecular weight excluding hydrogens is 387 g/mol. The van der Waals surface area contributed by atoms with E-state index in [4.69, 9.17) is 4.74 Å². The van der Waals surface area contributed by atoms with E-state index in [0.29, 0.717) is 31.0 Å². The summed E-state index contributed by atoms with van der Waals surface area (Å²) in [5, 5.41) is 2.88. The lowest BCUT2D eigenvalue weighted by molar-refractivity contribution is 0.0939. The molecule has 0 spiro atoms. The summed E-state index contributed by atoms with van der Waals surface area (Å²) in [6, 6.07) is 8.71. The van der Waals surface area contributed by atoms with Gasteiger partial charge in [0.25, 0.3) is 5.91 Å². The van der Waals surface area contributed by atoms with Crippen molar-refractivity contribution in [3.8, 4) is 0 Å². The lowest BCUT2D eigenvalue weighted by Crippen LogP contribution is -2.37. The van der Waals surface area contributed by atoms with E-state index >= 15 is 0 Å². The van der Waals surface area contributed by atoms with Crippen molar-refractivity contribution in [3.05, 3.63) is 59.2 Å². The molecule has 0 bridgehead atoms. The minimum absolute atomic E-state index is 0.298. The first-order valence-electron chi connectivity index (χ1n) is 10.0. The number of fused-ring (bicyclic) bond motifs is 1. The summed E-state index contributed by atoms with van der Waals surface area (Å²) < 4.78 is 18.4. The van der Waals surface area contributed by atoms with Crippen LogP contribution in [0.5, 0.6) is 0 Å². The van der Waals surface area contributed by atoms with Crippen molar-refractivity contribution in [2.45, 2.75) is 25.8 Å². The molecule has 1 aliphatic rings. The van der Waals surface area contributed by atoms with Crippen LogP contribution in [0.4, 0.5) is 14.9 Å². The zero-order chi connectivity index (χ0) is 21.7. The summed E-state index contributed by atoms with van der Waals surface area (Å²) in [4.78, 5) is 33.1. The number of nitrogens with one attached hydrogen (secondary N) is 1. The minimum Gasteiger partial charge on any atom is -0.448 e. The molecule has 1 aromatic carbocycles. The summed E-state index contributed by atoms with van der Waals surface area (Å²) in [6.45, 7) is 3.42. The van der Waals surface area contributed by atoms with Gasteiger partial charge in [0.1, 0.15) is 12.4 Å². The van der Waals surface area contributed by atoms with Crippen molar-refractivity contribution in [2.75, 3.05) is 38.7 Å². The van der Waals surface area contributed by atoms with Gasteiger partial charge in [-0.05, 0) is 70.3 Å². The molecule has 160 valence electrons. The molecule has 1 aliphatic heterocycles. The van der Waals surface area contributed by atoms with Crippen LogP contribution in [0.3, 0.4) is 0 Å². The molecule has 1 N–H and O–H groups in total. The number of ether oxygens (including phenoxy) is 1. The van der Waals surface area contributed by atoms with Gasteiger partial charge >= 0.3 is 6.09 Å². The third kappa shape index (κ3) is 5.33. The first-order valence-corrected chi connectivity index (χ1v) is 10.0. The van der Waals surface area contributed by atoms with E-state index in [-0.39, 0.29) is 23.9 Å². The normalized spacial score (nSPS) is 14.2. The Morgan fingerprint density at radius 1 is 1.23 bits per heavy atom. The number of pyridine rings is 1. The van der Waals surface area contributed by atoms with Crippen LogP contribution in [-0.2, 0) is 11.2 Å². The second kappa shape index (κ2) is 9.67. The van der Waals surface area contributed by atoms with Crippen molar-refractivity contribution in [3.63, 3.8) is 0 Å². The summed E-state index contributed by atoms with van der Waals surface area (Å²) in [5.74, 6) is -0.686. The number of aromatic nitrogens is 1. The van der Waals surface area contributed by atoms with Crippen LogP contribution in [0.2, 0.25) is 0 Å². The van der Waals surface area contributed by atoms with E-state index in [2.05, 4.69) is 10.3 Å². The molecule has 1 aromatic heterocycles. The van der Waals surface area contributed by atoms with Crippen molar-refractivity contribution >= 4 is 17.7 Å². The van der Waals surface area contributed by atoms with Crippen LogP contribution in [0.15, 0.2) is 36.4 Å². The van der Waals surface area contributed by atoms with Crippen LogP contribution >= 0.6 is 0 Å². The summed E-state index contributed by atoms with van der Waals surface area (Å²) >= 11 is 0. The number of halogens is 1.